The molecule has 0 aromatic carbocycles. The number of amides is 1. The smallest absolute Gasteiger partial charge is 0.264 e. The first-order valence-corrected chi connectivity index (χ1v) is 7.92. The van der Waals surface area contributed by atoms with Gasteiger partial charge in [-0.25, -0.2) is 0 Å². The van der Waals surface area contributed by atoms with Crippen molar-refractivity contribution in [3.05, 3.63) is 21.4 Å². The lowest BCUT2D eigenvalue weighted by atomic mass is 9.91. The van der Waals surface area contributed by atoms with E-state index in [0.29, 0.717) is 11.9 Å². The predicted molar refractivity (Wildman–Crippen MR) is 77.8 cm³/mol. The minimum absolute atomic E-state index is 0.200. The lowest BCUT2D eigenvalue weighted by Gasteiger charge is -2.37. The summed E-state index contributed by atoms with van der Waals surface area (Å²) in [6, 6.07) is 2.47. The Hall–Kier alpha value is -0.540. The quantitative estimate of drug-likeness (QED) is 0.749. The van der Waals surface area contributed by atoms with Crippen LogP contribution in [-0.4, -0.2) is 29.3 Å². The maximum Gasteiger partial charge on any atom is 0.264 e. The van der Waals surface area contributed by atoms with Crippen LogP contribution in [0, 0.1) is 13.8 Å². The van der Waals surface area contributed by atoms with Crippen molar-refractivity contribution >= 4 is 28.8 Å². The lowest BCUT2D eigenvalue weighted by Crippen LogP contribution is -2.44. The van der Waals surface area contributed by atoms with Crippen LogP contribution in [0.4, 0.5) is 0 Å². The van der Waals surface area contributed by atoms with Crippen LogP contribution in [0.5, 0.6) is 0 Å². The number of rotatable bonds is 5. The molecule has 0 saturated heterocycles. The van der Waals surface area contributed by atoms with Gasteiger partial charge in [-0.3, -0.25) is 4.79 Å². The third-order valence-corrected chi connectivity index (χ3v) is 5.09. The van der Waals surface area contributed by atoms with Gasteiger partial charge in [0.2, 0.25) is 0 Å². The summed E-state index contributed by atoms with van der Waals surface area (Å²) in [5, 5.41) is 0. The maximum absolute atomic E-state index is 12.5. The molecule has 100 valence electrons. The van der Waals surface area contributed by atoms with Gasteiger partial charge in [-0.2, -0.15) is 0 Å². The summed E-state index contributed by atoms with van der Waals surface area (Å²) >= 11 is 7.37. The Kier molecular flexibility index (Phi) is 4.68. The molecule has 2 nitrogen and oxygen atoms in total. The van der Waals surface area contributed by atoms with Gasteiger partial charge in [0.1, 0.15) is 0 Å². The highest BCUT2D eigenvalue weighted by atomic mass is 35.5. The lowest BCUT2D eigenvalue weighted by molar-refractivity contribution is 0.0586. The van der Waals surface area contributed by atoms with E-state index >= 15 is 0 Å². The first-order chi connectivity index (χ1) is 8.63. The summed E-state index contributed by atoms with van der Waals surface area (Å²) in [6.45, 7) is 4.93. The van der Waals surface area contributed by atoms with E-state index in [1.165, 1.54) is 16.9 Å². The SMILES string of the molecule is Cc1cc(C(=O)N(CCCCl)C2CCC2)sc1C. The summed E-state index contributed by atoms with van der Waals surface area (Å²) < 4.78 is 0. The van der Waals surface area contributed by atoms with Crippen molar-refractivity contribution in [2.75, 3.05) is 12.4 Å². The van der Waals surface area contributed by atoms with Crippen LogP contribution in [0.3, 0.4) is 0 Å². The highest BCUT2D eigenvalue weighted by Crippen LogP contribution is 2.29. The van der Waals surface area contributed by atoms with Gasteiger partial charge in [0.25, 0.3) is 5.91 Å². The monoisotopic (exact) mass is 285 g/mol. The van der Waals surface area contributed by atoms with E-state index in [2.05, 4.69) is 13.8 Å². The molecule has 1 amide bonds. The van der Waals surface area contributed by atoms with Gasteiger partial charge in [-0.15, -0.1) is 22.9 Å². The summed E-state index contributed by atoms with van der Waals surface area (Å²) in [4.78, 5) is 16.7. The second kappa shape index (κ2) is 6.07. The number of hydrogen-bond donors (Lipinski definition) is 0. The summed E-state index contributed by atoms with van der Waals surface area (Å²) in [5.74, 6) is 0.824. The first-order valence-electron chi connectivity index (χ1n) is 6.57. The molecule has 1 aromatic rings. The Labute approximate surface area is 118 Å². The van der Waals surface area contributed by atoms with Crippen molar-refractivity contribution < 1.29 is 4.79 Å². The molecule has 0 spiro atoms. The fraction of sp³-hybridized carbons (Fsp3) is 0.643. The van der Waals surface area contributed by atoms with E-state index in [1.807, 2.05) is 11.0 Å². The zero-order chi connectivity index (χ0) is 13.1. The van der Waals surface area contributed by atoms with E-state index in [4.69, 9.17) is 11.6 Å². The minimum atomic E-state index is 0.200. The molecule has 2 rings (SSSR count). The van der Waals surface area contributed by atoms with E-state index in [1.54, 1.807) is 11.3 Å². The predicted octanol–water partition coefficient (Wildman–Crippen LogP) is 3.99. The van der Waals surface area contributed by atoms with Crippen LogP contribution in [0.2, 0.25) is 0 Å². The number of halogens is 1. The maximum atomic E-state index is 12.5. The van der Waals surface area contributed by atoms with Crippen LogP contribution >= 0.6 is 22.9 Å². The molecule has 0 aliphatic heterocycles. The molecule has 0 unspecified atom stereocenters. The molecule has 1 fully saturated rings. The van der Waals surface area contributed by atoms with Gasteiger partial charge in [-0.05, 0) is 51.2 Å². The van der Waals surface area contributed by atoms with Gasteiger partial charge in [0.05, 0.1) is 4.88 Å². The molecule has 0 atom stereocenters. The molecule has 0 bridgehead atoms. The topological polar surface area (TPSA) is 20.3 Å². The summed E-state index contributed by atoms with van der Waals surface area (Å²) in [5.41, 5.74) is 1.22. The van der Waals surface area contributed by atoms with Crippen LogP contribution < -0.4 is 0 Å². The Morgan fingerprint density at radius 1 is 1.50 bits per heavy atom. The number of carbonyl (C=O) groups excluding carboxylic acids is 1. The van der Waals surface area contributed by atoms with E-state index in [0.717, 1.165) is 30.7 Å². The number of thiophene rings is 1. The normalized spacial score (nSPS) is 15.5. The van der Waals surface area contributed by atoms with Crippen molar-refractivity contribution in [1.29, 1.82) is 0 Å². The third-order valence-electron chi connectivity index (χ3n) is 3.69. The largest absolute Gasteiger partial charge is 0.335 e. The molecule has 1 saturated carbocycles. The zero-order valence-corrected chi connectivity index (χ0v) is 12.6. The molecular formula is C14H20ClNOS. The Morgan fingerprint density at radius 2 is 2.22 bits per heavy atom. The van der Waals surface area contributed by atoms with Crippen molar-refractivity contribution in [1.82, 2.24) is 4.90 Å². The number of nitrogens with zero attached hydrogens (tertiary/aromatic N) is 1. The van der Waals surface area contributed by atoms with E-state index in [-0.39, 0.29) is 5.91 Å². The van der Waals surface area contributed by atoms with E-state index in [9.17, 15) is 4.79 Å². The molecule has 0 radical (unpaired) electrons. The van der Waals surface area contributed by atoms with Crippen molar-refractivity contribution in [2.24, 2.45) is 0 Å². The molecule has 1 aliphatic carbocycles. The third kappa shape index (κ3) is 2.89. The highest BCUT2D eigenvalue weighted by molar-refractivity contribution is 7.14. The Bertz CT molecular complexity index is 406. The molecule has 18 heavy (non-hydrogen) atoms. The van der Waals surface area contributed by atoms with Crippen molar-refractivity contribution in [3.63, 3.8) is 0 Å². The zero-order valence-electron chi connectivity index (χ0n) is 11.0. The Balaban J connectivity index is 2.11. The summed E-state index contributed by atoms with van der Waals surface area (Å²) in [6.07, 6.45) is 4.43. The van der Waals surface area contributed by atoms with Gasteiger partial charge < -0.3 is 4.90 Å². The van der Waals surface area contributed by atoms with Crippen molar-refractivity contribution in [2.45, 2.75) is 45.6 Å². The van der Waals surface area contributed by atoms with Gasteiger partial charge in [0, 0.05) is 23.3 Å². The fourth-order valence-electron chi connectivity index (χ4n) is 2.20. The van der Waals surface area contributed by atoms with Crippen LogP contribution in [0.1, 0.15) is 45.8 Å². The Morgan fingerprint density at radius 3 is 2.67 bits per heavy atom. The average molecular weight is 286 g/mol. The second-order valence-electron chi connectivity index (χ2n) is 4.98. The van der Waals surface area contributed by atoms with Gasteiger partial charge in [0.15, 0.2) is 0 Å². The van der Waals surface area contributed by atoms with Gasteiger partial charge in [-0.1, -0.05) is 0 Å². The average Bonchev–Trinajstić information content (AvgIpc) is 2.61. The molecule has 1 heterocycles. The number of aryl methyl sites for hydroxylation is 2. The first kappa shape index (κ1) is 13.9. The molecular weight excluding hydrogens is 266 g/mol. The van der Waals surface area contributed by atoms with Crippen LogP contribution in [0.25, 0.3) is 0 Å². The molecule has 4 heteroatoms. The molecule has 0 N–H and O–H groups in total. The van der Waals surface area contributed by atoms with E-state index < -0.39 is 0 Å². The molecule has 1 aliphatic rings. The summed E-state index contributed by atoms with van der Waals surface area (Å²) in [7, 11) is 0. The molecule has 1 aromatic heterocycles. The number of hydrogen-bond acceptors (Lipinski definition) is 2. The van der Waals surface area contributed by atoms with Crippen molar-refractivity contribution in [3.8, 4) is 0 Å². The fourth-order valence-corrected chi connectivity index (χ4v) is 3.31. The van der Waals surface area contributed by atoms with Crippen LogP contribution in [0.15, 0.2) is 6.07 Å². The second-order valence-corrected chi connectivity index (χ2v) is 6.61. The van der Waals surface area contributed by atoms with Gasteiger partial charge >= 0.3 is 0 Å². The number of alkyl halides is 1. The minimum Gasteiger partial charge on any atom is -0.335 e. The number of carbonyl (C=O) groups is 1. The van der Waals surface area contributed by atoms with Crippen LogP contribution in [-0.2, 0) is 0 Å². The standard InChI is InChI=1S/C14H20ClNOS/c1-10-9-13(18-11(10)2)14(17)16(8-4-7-15)12-5-3-6-12/h9,12H,3-8H2,1-2H3. The highest BCUT2D eigenvalue weighted by Gasteiger charge is 2.29.